The van der Waals surface area contributed by atoms with Gasteiger partial charge in [-0.25, -0.2) is 0 Å². The number of carbonyl (C=O) groups is 1. The van der Waals surface area contributed by atoms with Crippen molar-refractivity contribution in [3.8, 4) is 5.75 Å². The first-order chi connectivity index (χ1) is 10.8. The molecule has 130 valence electrons. The van der Waals surface area contributed by atoms with Gasteiger partial charge in [0.2, 0.25) is 0 Å². The van der Waals surface area contributed by atoms with Crippen molar-refractivity contribution in [3.05, 3.63) is 52.5 Å². The van der Waals surface area contributed by atoms with E-state index in [0.717, 1.165) is 5.69 Å². The molecule has 6 heteroatoms. The van der Waals surface area contributed by atoms with Crippen molar-refractivity contribution in [1.82, 2.24) is 0 Å². The topological polar surface area (TPSA) is 55.6 Å². The van der Waals surface area contributed by atoms with Crippen LogP contribution in [0, 0.1) is 0 Å². The Morgan fingerprint density at radius 2 is 1.79 bits per heavy atom. The Hall–Kier alpha value is -1.91. The second-order valence-electron chi connectivity index (χ2n) is 5.68. The molecule has 24 heavy (non-hydrogen) atoms. The minimum atomic E-state index is -0.207. The molecule has 2 rings (SSSR count). The Kier molecular flexibility index (Phi) is 6.93. The monoisotopic (exact) mass is 368 g/mol. The third-order valence-corrected chi connectivity index (χ3v) is 4.13. The fraction of sp³-hybridized carbons (Fsp3) is 0.278. The first-order valence-corrected chi connectivity index (χ1v) is 7.74. The standard InChI is InChI=1S/C18H21ClN2O2.ClH/c1-11(2)12-5-7-13(8-6-12)21(3)18(22)14-9-15(19)16(20)10-17(14)23-4;/h5-11H,20H2,1-4H3;1H. The first-order valence-electron chi connectivity index (χ1n) is 7.36. The van der Waals surface area contributed by atoms with Gasteiger partial charge in [0, 0.05) is 18.8 Å². The smallest absolute Gasteiger partial charge is 0.261 e. The molecule has 0 aliphatic heterocycles. The van der Waals surface area contributed by atoms with Gasteiger partial charge in [-0.05, 0) is 29.7 Å². The minimum absolute atomic E-state index is 0. The number of amides is 1. The molecule has 1 amide bonds. The largest absolute Gasteiger partial charge is 0.496 e. The molecule has 0 saturated heterocycles. The second-order valence-corrected chi connectivity index (χ2v) is 6.09. The quantitative estimate of drug-likeness (QED) is 0.791. The van der Waals surface area contributed by atoms with Crippen LogP contribution in [0.15, 0.2) is 36.4 Å². The number of carbonyl (C=O) groups excluding carboxylic acids is 1. The highest BCUT2D eigenvalue weighted by molar-refractivity contribution is 6.33. The molecule has 4 nitrogen and oxygen atoms in total. The zero-order valence-electron chi connectivity index (χ0n) is 14.2. The molecular formula is C18H22Cl2N2O2. The van der Waals surface area contributed by atoms with Crippen molar-refractivity contribution in [2.75, 3.05) is 24.8 Å². The Morgan fingerprint density at radius 1 is 1.21 bits per heavy atom. The fourth-order valence-electron chi connectivity index (χ4n) is 2.29. The van der Waals surface area contributed by atoms with Gasteiger partial charge in [-0.1, -0.05) is 37.6 Å². The number of rotatable bonds is 4. The van der Waals surface area contributed by atoms with Gasteiger partial charge < -0.3 is 15.4 Å². The van der Waals surface area contributed by atoms with Crippen LogP contribution in [0.2, 0.25) is 5.02 Å². The Balaban J connectivity index is 0.00000288. The van der Waals surface area contributed by atoms with Crippen molar-refractivity contribution >= 4 is 41.3 Å². The van der Waals surface area contributed by atoms with Gasteiger partial charge in [-0.2, -0.15) is 0 Å². The normalized spacial score (nSPS) is 10.2. The highest BCUT2D eigenvalue weighted by Gasteiger charge is 2.19. The highest BCUT2D eigenvalue weighted by Crippen LogP contribution is 2.30. The number of benzene rings is 2. The second kappa shape index (κ2) is 8.27. The summed E-state index contributed by atoms with van der Waals surface area (Å²) in [4.78, 5) is 14.3. The summed E-state index contributed by atoms with van der Waals surface area (Å²) in [6.45, 7) is 4.26. The molecule has 0 saturated carbocycles. The van der Waals surface area contributed by atoms with Crippen LogP contribution in [0.4, 0.5) is 11.4 Å². The average Bonchev–Trinajstić information content (AvgIpc) is 2.55. The Morgan fingerprint density at radius 3 is 2.29 bits per heavy atom. The number of anilines is 2. The van der Waals surface area contributed by atoms with Crippen molar-refractivity contribution < 1.29 is 9.53 Å². The molecule has 0 aromatic heterocycles. The lowest BCUT2D eigenvalue weighted by Crippen LogP contribution is -2.26. The molecule has 0 unspecified atom stereocenters. The average molecular weight is 369 g/mol. The third kappa shape index (κ3) is 4.13. The molecule has 0 atom stereocenters. The summed E-state index contributed by atoms with van der Waals surface area (Å²) in [5, 5.41) is 0.331. The van der Waals surface area contributed by atoms with E-state index in [2.05, 4.69) is 13.8 Å². The van der Waals surface area contributed by atoms with E-state index < -0.39 is 0 Å². The van der Waals surface area contributed by atoms with Gasteiger partial charge in [-0.3, -0.25) is 4.79 Å². The number of hydrogen-bond acceptors (Lipinski definition) is 3. The molecule has 2 aromatic rings. The summed E-state index contributed by atoms with van der Waals surface area (Å²) in [7, 11) is 3.22. The van der Waals surface area contributed by atoms with Gasteiger partial charge >= 0.3 is 0 Å². The molecule has 0 fully saturated rings. The molecular weight excluding hydrogens is 347 g/mol. The van der Waals surface area contributed by atoms with Crippen LogP contribution in [0.1, 0.15) is 35.7 Å². The Bertz CT molecular complexity index is 716. The SMILES string of the molecule is COc1cc(N)c(Cl)cc1C(=O)N(C)c1ccc(C(C)C)cc1.Cl. The minimum Gasteiger partial charge on any atom is -0.496 e. The van der Waals surface area contributed by atoms with E-state index in [4.69, 9.17) is 22.1 Å². The molecule has 0 spiro atoms. The summed E-state index contributed by atoms with van der Waals surface area (Å²) in [6.07, 6.45) is 0. The number of nitrogens with zero attached hydrogens (tertiary/aromatic N) is 1. The highest BCUT2D eigenvalue weighted by atomic mass is 35.5. The predicted molar refractivity (Wildman–Crippen MR) is 103 cm³/mol. The van der Waals surface area contributed by atoms with Gasteiger partial charge in [-0.15, -0.1) is 12.4 Å². The van der Waals surface area contributed by atoms with E-state index in [-0.39, 0.29) is 18.3 Å². The number of hydrogen-bond donors (Lipinski definition) is 1. The zero-order chi connectivity index (χ0) is 17.1. The van der Waals surface area contributed by atoms with Crippen LogP contribution in [-0.2, 0) is 0 Å². The van der Waals surface area contributed by atoms with E-state index in [9.17, 15) is 4.79 Å². The maximum Gasteiger partial charge on any atom is 0.261 e. The van der Waals surface area contributed by atoms with Gasteiger partial charge in [0.05, 0.1) is 23.4 Å². The first kappa shape index (κ1) is 20.1. The van der Waals surface area contributed by atoms with E-state index in [1.165, 1.54) is 18.7 Å². The van der Waals surface area contributed by atoms with E-state index >= 15 is 0 Å². The number of nitrogens with two attached hydrogens (primary N) is 1. The summed E-state index contributed by atoms with van der Waals surface area (Å²) >= 11 is 6.04. The summed E-state index contributed by atoms with van der Waals surface area (Å²) in [5.41, 5.74) is 8.54. The van der Waals surface area contributed by atoms with Crippen LogP contribution >= 0.6 is 24.0 Å². The van der Waals surface area contributed by atoms with Gasteiger partial charge in [0.1, 0.15) is 5.75 Å². The van der Waals surface area contributed by atoms with E-state index in [1.807, 2.05) is 24.3 Å². The molecule has 0 bridgehead atoms. The van der Waals surface area contributed by atoms with Crippen molar-refractivity contribution in [2.45, 2.75) is 19.8 Å². The molecule has 0 radical (unpaired) electrons. The third-order valence-electron chi connectivity index (χ3n) is 3.80. The molecule has 2 N–H and O–H groups in total. The Labute approximate surface area is 154 Å². The number of halogens is 2. The number of methoxy groups -OCH3 is 1. The van der Waals surface area contributed by atoms with Crippen molar-refractivity contribution in [1.29, 1.82) is 0 Å². The van der Waals surface area contributed by atoms with E-state index in [0.29, 0.717) is 27.9 Å². The molecule has 0 aliphatic rings. The molecule has 2 aromatic carbocycles. The van der Waals surface area contributed by atoms with Gasteiger partial charge in [0.25, 0.3) is 5.91 Å². The number of ether oxygens (including phenoxy) is 1. The number of nitrogen functional groups attached to an aromatic ring is 1. The maximum absolute atomic E-state index is 12.8. The molecule has 0 heterocycles. The zero-order valence-corrected chi connectivity index (χ0v) is 15.7. The van der Waals surface area contributed by atoms with Crippen LogP contribution in [-0.4, -0.2) is 20.1 Å². The fourth-order valence-corrected chi connectivity index (χ4v) is 2.45. The lowest BCUT2D eigenvalue weighted by atomic mass is 10.0. The predicted octanol–water partition coefficient (Wildman–Crippen LogP) is 4.75. The summed E-state index contributed by atoms with van der Waals surface area (Å²) in [5.74, 6) is 0.643. The van der Waals surface area contributed by atoms with Crippen LogP contribution in [0.5, 0.6) is 5.75 Å². The van der Waals surface area contributed by atoms with Crippen LogP contribution < -0.4 is 15.4 Å². The van der Waals surface area contributed by atoms with E-state index in [1.54, 1.807) is 18.0 Å². The summed E-state index contributed by atoms with van der Waals surface area (Å²) in [6, 6.07) is 11.0. The summed E-state index contributed by atoms with van der Waals surface area (Å²) < 4.78 is 5.25. The van der Waals surface area contributed by atoms with Crippen molar-refractivity contribution in [2.24, 2.45) is 0 Å². The van der Waals surface area contributed by atoms with Crippen LogP contribution in [0.25, 0.3) is 0 Å². The lowest BCUT2D eigenvalue weighted by molar-refractivity contribution is 0.0990. The van der Waals surface area contributed by atoms with Gasteiger partial charge in [0.15, 0.2) is 0 Å². The van der Waals surface area contributed by atoms with Crippen LogP contribution in [0.3, 0.4) is 0 Å². The lowest BCUT2D eigenvalue weighted by Gasteiger charge is -2.20. The maximum atomic E-state index is 12.8. The van der Waals surface area contributed by atoms with Crippen molar-refractivity contribution in [3.63, 3.8) is 0 Å². The molecule has 0 aliphatic carbocycles.